The fourth-order valence-electron chi connectivity index (χ4n) is 4.22. The predicted molar refractivity (Wildman–Crippen MR) is 116 cm³/mol. The van der Waals surface area contributed by atoms with Gasteiger partial charge in [-0.15, -0.1) is 0 Å². The largest absolute Gasteiger partial charge is 0.441 e. The number of piperazine rings is 1. The molecule has 158 valence electrons. The summed E-state index contributed by atoms with van der Waals surface area (Å²) in [4.78, 5) is 35.1. The highest BCUT2D eigenvalue weighted by molar-refractivity contribution is 5.95. The van der Waals surface area contributed by atoms with Crippen molar-refractivity contribution in [1.82, 2.24) is 19.7 Å². The average Bonchev–Trinajstić information content (AvgIpc) is 3.34. The van der Waals surface area contributed by atoms with Crippen molar-refractivity contribution in [2.75, 3.05) is 39.3 Å². The summed E-state index contributed by atoms with van der Waals surface area (Å²) in [6.07, 6.45) is 2.90. The van der Waals surface area contributed by atoms with Crippen LogP contribution < -0.4 is 0 Å². The molecule has 0 N–H and O–H groups in total. The molecule has 2 saturated heterocycles. The van der Waals surface area contributed by atoms with E-state index in [1.165, 1.54) is 12.5 Å². The number of oxazole rings is 1. The minimum absolute atomic E-state index is 0.0774. The molecule has 3 heterocycles. The highest BCUT2D eigenvalue weighted by atomic mass is 16.4. The smallest absolute Gasteiger partial charge is 0.309 e. The first-order valence-electron chi connectivity index (χ1n) is 10.6. The third-order valence-electron chi connectivity index (χ3n) is 6.12. The van der Waals surface area contributed by atoms with E-state index in [2.05, 4.69) is 22.0 Å². The van der Waals surface area contributed by atoms with Gasteiger partial charge in [-0.25, -0.2) is 4.98 Å². The molecule has 2 amide bonds. The quantitative estimate of drug-likeness (QED) is 0.654. The topological polar surface area (TPSA) is 69.9 Å². The van der Waals surface area contributed by atoms with Gasteiger partial charge in [-0.3, -0.25) is 14.5 Å². The molecule has 5 rings (SSSR count). The van der Waals surface area contributed by atoms with E-state index in [0.717, 1.165) is 42.9 Å². The standard InChI is InChI=1S/C24H24N4O3/c29-23(20-8-6-19(7-9-20)18-4-2-1-3-5-18)28-16-21(17-28)26-11-13-27(14-12-26)24(30)22-25-10-15-31-22/h1-10,15,21H,11-14,16-17H2. The summed E-state index contributed by atoms with van der Waals surface area (Å²) in [5, 5.41) is 0. The fraction of sp³-hybridized carbons (Fsp3) is 0.292. The molecule has 2 aliphatic heterocycles. The highest BCUT2D eigenvalue weighted by Gasteiger charge is 2.37. The van der Waals surface area contributed by atoms with Gasteiger partial charge in [0.25, 0.3) is 11.8 Å². The Morgan fingerprint density at radius 3 is 2.13 bits per heavy atom. The molecule has 2 fully saturated rings. The molecule has 3 aromatic rings. The van der Waals surface area contributed by atoms with Crippen molar-refractivity contribution in [2.24, 2.45) is 0 Å². The van der Waals surface area contributed by atoms with Crippen LogP contribution in [0.15, 0.2) is 71.5 Å². The third-order valence-corrected chi connectivity index (χ3v) is 6.12. The summed E-state index contributed by atoms with van der Waals surface area (Å²) in [5.74, 6) is 0.0646. The SMILES string of the molecule is O=C(c1ccc(-c2ccccc2)cc1)N1CC(N2CCN(C(=O)c3ncco3)CC2)C1. The van der Waals surface area contributed by atoms with E-state index in [9.17, 15) is 9.59 Å². The van der Waals surface area contributed by atoms with Crippen molar-refractivity contribution in [3.63, 3.8) is 0 Å². The second-order valence-electron chi connectivity index (χ2n) is 7.97. The Balaban J connectivity index is 1.12. The van der Waals surface area contributed by atoms with Gasteiger partial charge in [0.05, 0.1) is 6.20 Å². The number of nitrogens with zero attached hydrogens (tertiary/aromatic N) is 4. The zero-order valence-corrected chi connectivity index (χ0v) is 17.2. The molecule has 0 radical (unpaired) electrons. The Hall–Kier alpha value is -3.45. The molecule has 0 unspecified atom stereocenters. The molecule has 7 nitrogen and oxygen atoms in total. The van der Waals surface area contributed by atoms with Crippen LogP contribution >= 0.6 is 0 Å². The Morgan fingerprint density at radius 1 is 0.806 bits per heavy atom. The summed E-state index contributed by atoms with van der Waals surface area (Å²) >= 11 is 0. The molecule has 31 heavy (non-hydrogen) atoms. The van der Waals surface area contributed by atoms with E-state index in [1.54, 1.807) is 4.90 Å². The molecular formula is C24H24N4O3. The van der Waals surface area contributed by atoms with Crippen LogP contribution in [-0.4, -0.2) is 76.8 Å². The maximum absolute atomic E-state index is 12.8. The lowest BCUT2D eigenvalue weighted by Gasteiger charge is -2.48. The highest BCUT2D eigenvalue weighted by Crippen LogP contribution is 2.23. The van der Waals surface area contributed by atoms with Crippen LogP contribution in [0.3, 0.4) is 0 Å². The number of carbonyl (C=O) groups excluding carboxylic acids is 2. The summed E-state index contributed by atoms with van der Waals surface area (Å²) < 4.78 is 5.11. The van der Waals surface area contributed by atoms with E-state index in [1.807, 2.05) is 47.4 Å². The fourth-order valence-corrected chi connectivity index (χ4v) is 4.22. The Kier molecular flexibility index (Phi) is 5.26. The van der Waals surface area contributed by atoms with Gasteiger partial charge in [0.15, 0.2) is 0 Å². The van der Waals surface area contributed by atoms with Crippen LogP contribution in [0.1, 0.15) is 21.0 Å². The van der Waals surface area contributed by atoms with Crippen molar-refractivity contribution in [3.05, 3.63) is 78.5 Å². The zero-order chi connectivity index (χ0) is 21.2. The number of likely N-dealkylation sites (tertiary alicyclic amines) is 1. The Bertz CT molecular complexity index is 1040. The number of hydrogen-bond acceptors (Lipinski definition) is 5. The lowest BCUT2D eigenvalue weighted by atomic mass is 10.0. The van der Waals surface area contributed by atoms with Gasteiger partial charge in [0, 0.05) is 50.9 Å². The first kappa shape index (κ1) is 19.5. The second-order valence-corrected chi connectivity index (χ2v) is 7.97. The molecule has 1 aromatic heterocycles. The van der Waals surface area contributed by atoms with E-state index in [-0.39, 0.29) is 17.7 Å². The van der Waals surface area contributed by atoms with Crippen LogP contribution in [0.5, 0.6) is 0 Å². The van der Waals surface area contributed by atoms with Crippen LogP contribution in [-0.2, 0) is 0 Å². The Morgan fingerprint density at radius 2 is 1.48 bits per heavy atom. The predicted octanol–water partition coefficient (Wildman–Crippen LogP) is 2.62. The van der Waals surface area contributed by atoms with Crippen molar-refractivity contribution < 1.29 is 14.0 Å². The van der Waals surface area contributed by atoms with Crippen LogP contribution in [0.25, 0.3) is 11.1 Å². The number of benzene rings is 2. The minimum atomic E-state index is -0.158. The van der Waals surface area contributed by atoms with E-state index >= 15 is 0 Å². The number of amides is 2. The lowest BCUT2D eigenvalue weighted by Crippen LogP contribution is -2.64. The number of carbonyl (C=O) groups is 2. The summed E-state index contributed by atoms with van der Waals surface area (Å²) in [5.41, 5.74) is 2.97. The van der Waals surface area contributed by atoms with Gasteiger partial charge in [-0.2, -0.15) is 0 Å². The summed E-state index contributed by atoms with van der Waals surface area (Å²) in [6, 6.07) is 18.3. The molecule has 0 atom stereocenters. The molecule has 0 spiro atoms. The number of aromatic nitrogens is 1. The molecule has 2 aromatic carbocycles. The van der Waals surface area contributed by atoms with E-state index < -0.39 is 0 Å². The summed E-state index contributed by atoms with van der Waals surface area (Å²) in [7, 11) is 0. The van der Waals surface area contributed by atoms with Crippen LogP contribution in [0.2, 0.25) is 0 Å². The van der Waals surface area contributed by atoms with Gasteiger partial charge in [0.2, 0.25) is 0 Å². The number of rotatable bonds is 4. The Labute approximate surface area is 180 Å². The molecular weight excluding hydrogens is 392 g/mol. The lowest BCUT2D eigenvalue weighted by molar-refractivity contribution is 0.00779. The first-order valence-corrected chi connectivity index (χ1v) is 10.6. The van der Waals surface area contributed by atoms with Crippen LogP contribution in [0.4, 0.5) is 0 Å². The molecule has 0 bridgehead atoms. The van der Waals surface area contributed by atoms with Crippen molar-refractivity contribution in [2.45, 2.75) is 6.04 Å². The van der Waals surface area contributed by atoms with E-state index in [4.69, 9.17) is 4.42 Å². The molecule has 7 heteroatoms. The maximum atomic E-state index is 12.8. The normalized spacial score (nSPS) is 17.4. The van der Waals surface area contributed by atoms with Crippen molar-refractivity contribution in [3.8, 4) is 11.1 Å². The van der Waals surface area contributed by atoms with Gasteiger partial charge in [-0.05, 0) is 23.3 Å². The molecule has 0 aliphatic carbocycles. The third kappa shape index (κ3) is 3.96. The second kappa shape index (κ2) is 8.35. The summed E-state index contributed by atoms with van der Waals surface area (Å²) in [6.45, 7) is 4.34. The van der Waals surface area contributed by atoms with Gasteiger partial charge in [0.1, 0.15) is 6.26 Å². The monoisotopic (exact) mass is 416 g/mol. The van der Waals surface area contributed by atoms with Gasteiger partial charge in [-0.1, -0.05) is 42.5 Å². The minimum Gasteiger partial charge on any atom is -0.441 e. The van der Waals surface area contributed by atoms with Crippen LogP contribution in [0, 0.1) is 0 Å². The van der Waals surface area contributed by atoms with Crippen molar-refractivity contribution >= 4 is 11.8 Å². The van der Waals surface area contributed by atoms with Gasteiger partial charge < -0.3 is 14.2 Å². The average molecular weight is 416 g/mol. The van der Waals surface area contributed by atoms with E-state index in [0.29, 0.717) is 19.1 Å². The molecule has 0 saturated carbocycles. The first-order chi connectivity index (χ1) is 15.2. The van der Waals surface area contributed by atoms with Crippen molar-refractivity contribution in [1.29, 1.82) is 0 Å². The zero-order valence-electron chi connectivity index (χ0n) is 17.2. The number of hydrogen-bond donors (Lipinski definition) is 0. The maximum Gasteiger partial charge on any atom is 0.309 e. The molecule has 2 aliphatic rings. The van der Waals surface area contributed by atoms with Gasteiger partial charge >= 0.3 is 5.91 Å².